The summed E-state index contributed by atoms with van der Waals surface area (Å²) in [5.74, 6) is 1.05. The minimum absolute atomic E-state index is 0.0856. The van der Waals surface area contributed by atoms with Crippen LogP contribution in [-0.4, -0.2) is 36.6 Å². The van der Waals surface area contributed by atoms with Crippen molar-refractivity contribution < 1.29 is 14.3 Å². The molecular weight excluding hydrogens is 356 g/mol. The standard InChI is InChI=1S/C21H32N4O3/c1-14(2)20(17-7-9-18(28-6)10-8-17)23-21(26)22-13-19-15(3)24-25(16(19)4)11-12-27-5/h7-10,14,20H,11-13H2,1-6H3,(H2,22,23,26). The third kappa shape index (κ3) is 5.48. The highest BCUT2D eigenvalue weighted by atomic mass is 16.5. The highest BCUT2D eigenvalue weighted by Crippen LogP contribution is 2.24. The number of urea groups is 1. The second kappa shape index (κ2) is 10.1. The molecule has 1 aromatic heterocycles. The molecule has 0 aliphatic carbocycles. The number of carbonyl (C=O) groups excluding carboxylic acids is 1. The number of nitrogens with zero attached hydrogens (tertiary/aromatic N) is 2. The maximum Gasteiger partial charge on any atom is 0.315 e. The second-order valence-electron chi connectivity index (χ2n) is 7.19. The smallest absolute Gasteiger partial charge is 0.315 e. The Morgan fingerprint density at radius 2 is 1.86 bits per heavy atom. The third-order valence-electron chi connectivity index (χ3n) is 4.89. The number of carbonyl (C=O) groups is 1. The van der Waals surface area contributed by atoms with Crippen LogP contribution in [0.5, 0.6) is 5.75 Å². The van der Waals surface area contributed by atoms with E-state index < -0.39 is 0 Å². The minimum Gasteiger partial charge on any atom is -0.497 e. The van der Waals surface area contributed by atoms with E-state index in [1.165, 1.54) is 0 Å². The van der Waals surface area contributed by atoms with Crippen molar-refractivity contribution in [3.05, 3.63) is 46.8 Å². The normalized spacial score (nSPS) is 12.1. The van der Waals surface area contributed by atoms with E-state index >= 15 is 0 Å². The van der Waals surface area contributed by atoms with Crippen LogP contribution in [0.3, 0.4) is 0 Å². The Balaban J connectivity index is 2.00. The van der Waals surface area contributed by atoms with Crippen LogP contribution in [0.1, 0.15) is 42.4 Å². The monoisotopic (exact) mass is 388 g/mol. The Morgan fingerprint density at radius 1 is 1.18 bits per heavy atom. The molecule has 0 saturated heterocycles. The van der Waals surface area contributed by atoms with Gasteiger partial charge in [-0.05, 0) is 37.5 Å². The van der Waals surface area contributed by atoms with Gasteiger partial charge in [0.25, 0.3) is 0 Å². The summed E-state index contributed by atoms with van der Waals surface area (Å²) < 4.78 is 12.3. The van der Waals surface area contributed by atoms with Gasteiger partial charge in [-0.3, -0.25) is 4.68 Å². The molecule has 0 bridgehead atoms. The lowest BCUT2D eigenvalue weighted by atomic mass is 9.96. The molecule has 1 aromatic carbocycles. The highest BCUT2D eigenvalue weighted by Gasteiger charge is 2.19. The van der Waals surface area contributed by atoms with Gasteiger partial charge in [0.2, 0.25) is 0 Å². The van der Waals surface area contributed by atoms with E-state index in [0.29, 0.717) is 19.7 Å². The van der Waals surface area contributed by atoms with Gasteiger partial charge in [0.15, 0.2) is 0 Å². The number of rotatable bonds is 9. The quantitative estimate of drug-likeness (QED) is 0.691. The first-order valence-corrected chi connectivity index (χ1v) is 9.57. The molecule has 0 fully saturated rings. The summed E-state index contributed by atoms with van der Waals surface area (Å²) in [6.45, 7) is 9.88. The number of aryl methyl sites for hydroxylation is 1. The number of nitrogens with one attached hydrogen (secondary N) is 2. The van der Waals surface area contributed by atoms with Crippen molar-refractivity contribution in [2.75, 3.05) is 20.8 Å². The van der Waals surface area contributed by atoms with Crippen LogP contribution in [0.25, 0.3) is 0 Å². The first-order chi connectivity index (χ1) is 13.4. The summed E-state index contributed by atoms with van der Waals surface area (Å²) in [6.07, 6.45) is 0. The van der Waals surface area contributed by atoms with Crippen LogP contribution in [-0.2, 0) is 17.8 Å². The van der Waals surface area contributed by atoms with Gasteiger partial charge in [0.05, 0.1) is 32.0 Å². The molecular formula is C21H32N4O3. The summed E-state index contributed by atoms with van der Waals surface area (Å²) in [5.41, 5.74) is 4.05. The topological polar surface area (TPSA) is 77.4 Å². The number of hydrogen-bond donors (Lipinski definition) is 2. The van der Waals surface area contributed by atoms with E-state index in [9.17, 15) is 4.79 Å². The lowest BCUT2D eigenvalue weighted by Crippen LogP contribution is -2.39. The fourth-order valence-electron chi connectivity index (χ4n) is 3.19. The van der Waals surface area contributed by atoms with Gasteiger partial charge < -0.3 is 20.1 Å². The van der Waals surface area contributed by atoms with Crippen LogP contribution < -0.4 is 15.4 Å². The molecule has 2 N–H and O–H groups in total. The zero-order chi connectivity index (χ0) is 20.7. The first kappa shape index (κ1) is 21.8. The molecule has 2 aromatic rings. The molecule has 0 spiro atoms. The maximum atomic E-state index is 12.5. The number of hydrogen-bond acceptors (Lipinski definition) is 4. The Hall–Kier alpha value is -2.54. The average Bonchev–Trinajstić information content (AvgIpc) is 2.95. The fourth-order valence-corrected chi connectivity index (χ4v) is 3.19. The molecule has 2 rings (SSSR count). The van der Waals surface area contributed by atoms with E-state index in [4.69, 9.17) is 9.47 Å². The summed E-state index contributed by atoms with van der Waals surface area (Å²) >= 11 is 0. The molecule has 7 nitrogen and oxygen atoms in total. The number of ether oxygens (including phenoxy) is 2. The van der Waals surface area contributed by atoms with Gasteiger partial charge in [0, 0.05) is 24.9 Å². The SMILES string of the molecule is COCCn1nc(C)c(CNC(=O)NC(c2ccc(OC)cc2)C(C)C)c1C. The molecule has 1 unspecified atom stereocenters. The van der Waals surface area contributed by atoms with E-state index in [1.807, 2.05) is 42.8 Å². The molecule has 7 heteroatoms. The molecule has 0 saturated carbocycles. The maximum absolute atomic E-state index is 12.5. The number of methoxy groups -OCH3 is 2. The first-order valence-electron chi connectivity index (χ1n) is 9.57. The van der Waals surface area contributed by atoms with Crippen LogP contribution in [0, 0.1) is 19.8 Å². The number of amides is 2. The van der Waals surface area contributed by atoms with Gasteiger partial charge in [-0.2, -0.15) is 5.10 Å². The van der Waals surface area contributed by atoms with Gasteiger partial charge >= 0.3 is 6.03 Å². The molecule has 28 heavy (non-hydrogen) atoms. The molecule has 0 aliphatic rings. The Bertz CT molecular complexity index is 769. The zero-order valence-electron chi connectivity index (χ0n) is 17.7. The fraction of sp³-hybridized carbons (Fsp3) is 0.524. The molecule has 0 aliphatic heterocycles. The molecule has 2 amide bonds. The summed E-state index contributed by atoms with van der Waals surface area (Å²) in [7, 11) is 3.31. The summed E-state index contributed by atoms with van der Waals surface area (Å²) in [6, 6.07) is 7.50. The Kier molecular flexibility index (Phi) is 7.87. The van der Waals surface area contributed by atoms with Crippen LogP contribution >= 0.6 is 0 Å². The van der Waals surface area contributed by atoms with Crippen molar-refractivity contribution in [2.45, 2.75) is 46.8 Å². The van der Waals surface area contributed by atoms with Gasteiger partial charge in [-0.25, -0.2) is 4.79 Å². The summed E-state index contributed by atoms with van der Waals surface area (Å²) in [5, 5.41) is 10.6. The van der Waals surface area contributed by atoms with Crippen molar-refractivity contribution in [3.8, 4) is 5.75 Å². The summed E-state index contributed by atoms with van der Waals surface area (Å²) in [4.78, 5) is 12.5. The lowest BCUT2D eigenvalue weighted by molar-refractivity contribution is 0.182. The molecule has 154 valence electrons. The van der Waals surface area contributed by atoms with E-state index in [1.54, 1.807) is 14.2 Å². The van der Waals surface area contributed by atoms with Crippen molar-refractivity contribution in [2.24, 2.45) is 5.92 Å². The van der Waals surface area contributed by atoms with Crippen molar-refractivity contribution in [1.29, 1.82) is 0 Å². The predicted octanol–water partition coefficient (Wildman–Crippen LogP) is 3.35. The lowest BCUT2D eigenvalue weighted by Gasteiger charge is -2.23. The largest absolute Gasteiger partial charge is 0.497 e. The van der Waals surface area contributed by atoms with E-state index in [0.717, 1.165) is 28.3 Å². The van der Waals surface area contributed by atoms with Crippen molar-refractivity contribution in [1.82, 2.24) is 20.4 Å². The third-order valence-corrected chi connectivity index (χ3v) is 4.89. The highest BCUT2D eigenvalue weighted by molar-refractivity contribution is 5.74. The molecule has 0 radical (unpaired) electrons. The molecule has 1 heterocycles. The molecule has 1 atom stereocenters. The van der Waals surface area contributed by atoms with Gasteiger partial charge in [-0.1, -0.05) is 26.0 Å². The second-order valence-corrected chi connectivity index (χ2v) is 7.19. The Labute approximate surface area is 167 Å². The van der Waals surface area contributed by atoms with Crippen LogP contribution in [0.15, 0.2) is 24.3 Å². The van der Waals surface area contributed by atoms with E-state index in [2.05, 4.69) is 29.6 Å². The predicted molar refractivity (Wildman–Crippen MR) is 110 cm³/mol. The van der Waals surface area contributed by atoms with E-state index in [-0.39, 0.29) is 18.0 Å². The number of benzene rings is 1. The van der Waals surface area contributed by atoms with Gasteiger partial charge in [-0.15, -0.1) is 0 Å². The Morgan fingerprint density at radius 3 is 2.43 bits per heavy atom. The van der Waals surface area contributed by atoms with Crippen molar-refractivity contribution in [3.63, 3.8) is 0 Å². The van der Waals surface area contributed by atoms with Crippen LogP contribution in [0.4, 0.5) is 4.79 Å². The minimum atomic E-state index is -0.196. The average molecular weight is 389 g/mol. The zero-order valence-corrected chi connectivity index (χ0v) is 17.7. The van der Waals surface area contributed by atoms with Gasteiger partial charge in [0.1, 0.15) is 5.75 Å². The van der Waals surface area contributed by atoms with Crippen LogP contribution in [0.2, 0.25) is 0 Å². The van der Waals surface area contributed by atoms with Crippen molar-refractivity contribution >= 4 is 6.03 Å². The number of aromatic nitrogens is 2.